The van der Waals surface area contributed by atoms with Crippen LogP contribution in [0.15, 0.2) is 12.5 Å². The van der Waals surface area contributed by atoms with Crippen LogP contribution in [0.25, 0.3) is 0 Å². The highest BCUT2D eigenvalue weighted by atomic mass is 16.5. The molecule has 16 heavy (non-hydrogen) atoms. The molecule has 1 aromatic rings. The molecule has 1 saturated heterocycles. The third-order valence-corrected chi connectivity index (χ3v) is 3.15. The molecule has 2 heterocycles. The van der Waals surface area contributed by atoms with Crippen molar-refractivity contribution >= 4 is 0 Å². The van der Waals surface area contributed by atoms with Crippen LogP contribution in [0.2, 0.25) is 0 Å². The van der Waals surface area contributed by atoms with Gasteiger partial charge in [-0.25, -0.2) is 4.98 Å². The average Bonchev–Trinajstić information content (AvgIpc) is 2.74. The maximum atomic E-state index is 5.58. The summed E-state index contributed by atoms with van der Waals surface area (Å²) < 4.78 is 7.88. The van der Waals surface area contributed by atoms with Crippen LogP contribution in [0.5, 0.6) is 0 Å². The molecule has 0 saturated carbocycles. The smallest absolute Gasteiger partial charge is 0.0951 e. The summed E-state index contributed by atoms with van der Waals surface area (Å²) in [6.07, 6.45) is 6.47. The lowest BCUT2D eigenvalue weighted by atomic mass is 10.0. The van der Waals surface area contributed by atoms with Crippen LogP contribution in [-0.2, 0) is 11.3 Å². The van der Waals surface area contributed by atoms with Crippen LogP contribution >= 0.6 is 0 Å². The van der Waals surface area contributed by atoms with E-state index >= 15 is 0 Å². The van der Waals surface area contributed by atoms with E-state index in [0.29, 0.717) is 12.1 Å². The molecular formula is C12H21N3O. The van der Waals surface area contributed by atoms with Crippen LogP contribution in [0.3, 0.4) is 0 Å². The number of nitrogens with one attached hydrogen (secondary N) is 1. The third-order valence-electron chi connectivity index (χ3n) is 3.15. The Balaban J connectivity index is 2.04. The quantitative estimate of drug-likeness (QED) is 0.845. The van der Waals surface area contributed by atoms with Crippen molar-refractivity contribution in [2.45, 2.75) is 45.4 Å². The van der Waals surface area contributed by atoms with Gasteiger partial charge in [0.1, 0.15) is 0 Å². The zero-order valence-corrected chi connectivity index (χ0v) is 10.1. The van der Waals surface area contributed by atoms with E-state index in [9.17, 15) is 0 Å². The highest BCUT2D eigenvalue weighted by molar-refractivity contribution is 5.00. The summed E-state index contributed by atoms with van der Waals surface area (Å²) in [6, 6.07) is 0.555. The summed E-state index contributed by atoms with van der Waals surface area (Å²) in [4.78, 5) is 4.26. The van der Waals surface area contributed by atoms with Gasteiger partial charge in [-0.15, -0.1) is 0 Å². The standard InChI is InChI=1S/C12H21N3O/c1-3-13-7-12-8-14-9-15(12)11-4-5-16-10(2)6-11/h8-11,13H,3-7H2,1-2H3. The molecule has 2 unspecified atom stereocenters. The second kappa shape index (κ2) is 5.46. The fourth-order valence-electron chi connectivity index (χ4n) is 2.28. The van der Waals surface area contributed by atoms with Gasteiger partial charge >= 0.3 is 0 Å². The lowest BCUT2D eigenvalue weighted by molar-refractivity contribution is 0.00542. The van der Waals surface area contributed by atoms with Crippen molar-refractivity contribution < 1.29 is 4.74 Å². The van der Waals surface area contributed by atoms with E-state index in [-0.39, 0.29) is 0 Å². The summed E-state index contributed by atoms with van der Waals surface area (Å²) in [6.45, 7) is 7.03. The van der Waals surface area contributed by atoms with Crippen molar-refractivity contribution in [3.05, 3.63) is 18.2 Å². The van der Waals surface area contributed by atoms with Gasteiger partial charge in [0.05, 0.1) is 18.1 Å². The normalized spacial score (nSPS) is 25.9. The summed E-state index contributed by atoms with van der Waals surface area (Å²) in [5.41, 5.74) is 1.28. The van der Waals surface area contributed by atoms with E-state index in [2.05, 4.69) is 28.7 Å². The number of imidazole rings is 1. The van der Waals surface area contributed by atoms with Crippen LogP contribution in [-0.4, -0.2) is 28.8 Å². The van der Waals surface area contributed by atoms with Gasteiger partial charge in [0.25, 0.3) is 0 Å². The lowest BCUT2D eigenvalue weighted by Crippen LogP contribution is -2.27. The van der Waals surface area contributed by atoms with Crippen LogP contribution in [0, 0.1) is 0 Å². The molecule has 4 nitrogen and oxygen atoms in total. The summed E-state index contributed by atoms with van der Waals surface area (Å²) in [5.74, 6) is 0. The highest BCUT2D eigenvalue weighted by Crippen LogP contribution is 2.25. The average molecular weight is 223 g/mol. The summed E-state index contributed by atoms with van der Waals surface area (Å²) in [7, 11) is 0. The molecule has 0 radical (unpaired) electrons. The molecule has 1 aliphatic rings. The van der Waals surface area contributed by atoms with E-state index in [1.165, 1.54) is 5.69 Å². The topological polar surface area (TPSA) is 39.1 Å². The summed E-state index contributed by atoms with van der Waals surface area (Å²) in [5, 5.41) is 3.35. The molecule has 1 N–H and O–H groups in total. The van der Waals surface area contributed by atoms with E-state index < -0.39 is 0 Å². The molecule has 90 valence electrons. The van der Waals surface area contributed by atoms with E-state index in [0.717, 1.165) is 32.5 Å². The van der Waals surface area contributed by atoms with Gasteiger partial charge in [-0.2, -0.15) is 0 Å². The Morgan fingerprint density at radius 1 is 1.62 bits per heavy atom. The minimum absolute atomic E-state index is 0.369. The number of rotatable bonds is 4. The monoisotopic (exact) mass is 223 g/mol. The van der Waals surface area contributed by atoms with Crippen molar-refractivity contribution in [1.29, 1.82) is 0 Å². The second-order valence-corrected chi connectivity index (χ2v) is 4.43. The Labute approximate surface area is 97.0 Å². The second-order valence-electron chi connectivity index (χ2n) is 4.43. The van der Waals surface area contributed by atoms with Crippen molar-refractivity contribution in [3.63, 3.8) is 0 Å². The van der Waals surface area contributed by atoms with Gasteiger partial charge in [-0.1, -0.05) is 6.92 Å². The molecule has 0 amide bonds. The largest absolute Gasteiger partial charge is 0.378 e. The minimum Gasteiger partial charge on any atom is -0.378 e. The van der Waals surface area contributed by atoms with Gasteiger partial charge in [-0.05, 0) is 26.3 Å². The molecule has 2 atom stereocenters. The Morgan fingerprint density at radius 3 is 3.25 bits per heavy atom. The number of hydrogen-bond acceptors (Lipinski definition) is 3. The molecule has 1 aliphatic heterocycles. The van der Waals surface area contributed by atoms with Crippen molar-refractivity contribution in [3.8, 4) is 0 Å². The minimum atomic E-state index is 0.369. The Morgan fingerprint density at radius 2 is 2.50 bits per heavy atom. The number of nitrogens with zero attached hydrogens (tertiary/aromatic N) is 2. The highest BCUT2D eigenvalue weighted by Gasteiger charge is 2.21. The first-order valence-corrected chi connectivity index (χ1v) is 6.14. The molecule has 0 bridgehead atoms. The Bertz CT molecular complexity index is 324. The molecule has 0 aromatic carbocycles. The molecule has 4 heteroatoms. The van der Waals surface area contributed by atoms with E-state index in [1.807, 2.05) is 12.5 Å². The predicted molar refractivity (Wildman–Crippen MR) is 63.3 cm³/mol. The van der Waals surface area contributed by atoms with Crippen molar-refractivity contribution in [2.75, 3.05) is 13.2 Å². The number of aromatic nitrogens is 2. The zero-order valence-electron chi connectivity index (χ0n) is 10.1. The molecule has 1 fully saturated rings. The van der Waals surface area contributed by atoms with Gasteiger partial charge in [0.15, 0.2) is 0 Å². The number of ether oxygens (including phenoxy) is 1. The van der Waals surface area contributed by atoms with Crippen molar-refractivity contribution in [2.24, 2.45) is 0 Å². The van der Waals surface area contributed by atoms with Crippen LogP contribution in [0.4, 0.5) is 0 Å². The van der Waals surface area contributed by atoms with E-state index in [4.69, 9.17) is 4.74 Å². The van der Waals surface area contributed by atoms with Gasteiger partial charge < -0.3 is 14.6 Å². The first-order chi connectivity index (χ1) is 7.81. The maximum Gasteiger partial charge on any atom is 0.0951 e. The first-order valence-electron chi connectivity index (χ1n) is 6.14. The fourth-order valence-corrected chi connectivity index (χ4v) is 2.28. The lowest BCUT2D eigenvalue weighted by Gasteiger charge is -2.29. The molecule has 1 aromatic heterocycles. The molecule has 2 rings (SSSR count). The summed E-state index contributed by atoms with van der Waals surface area (Å²) >= 11 is 0. The number of hydrogen-bond donors (Lipinski definition) is 1. The van der Waals surface area contributed by atoms with E-state index in [1.54, 1.807) is 0 Å². The van der Waals surface area contributed by atoms with Crippen molar-refractivity contribution in [1.82, 2.24) is 14.9 Å². The first kappa shape index (κ1) is 11.6. The third kappa shape index (κ3) is 2.62. The zero-order chi connectivity index (χ0) is 11.4. The Hall–Kier alpha value is -0.870. The van der Waals surface area contributed by atoms with Gasteiger partial charge in [0.2, 0.25) is 0 Å². The van der Waals surface area contributed by atoms with Crippen LogP contribution < -0.4 is 5.32 Å². The Kier molecular flexibility index (Phi) is 3.96. The van der Waals surface area contributed by atoms with Crippen LogP contribution in [0.1, 0.15) is 38.4 Å². The maximum absolute atomic E-state index is 5.58. The predicted octanol–water partition coefficient (Wildman–Crippen LogP) is 1.73. The molecular weight excluding hydrogens is 202 g/mol. The van der Waals surface area contributed by atoms with Gasteiger partial charge in [0, 0.05) is 25.4 Å². The fraction of sp³-hybridized carbons (Fsp3) is 0.750. The SMILES string of the molecule is CCNCc1cncn1C1CCOC(C)C1. The molecule has 0 aliphatic carbocycles. The molecule has 0 spiro atoms. The van der Waals surface area contributed by atoms with Gasteiger partial charge in [-0.3, -0.25) is 0 Å².